The van der Waals surface area contributed by atoms with Gasteiger partial charge < -0.3 is 29.3 Å². The molecule has 0 radical (unpaired) electrons. The Kier molecular flexibility index (Phi) is 8.12. The van der Waals surface area contributed by atoms with E-state index in [0.29, 0.717) is 44.0 Å². The highest BCUT2D eigenvalue weighted by Gasteiger charge is 2.76. The number of aliphatic hydroxyl groups excluding tert-OH is 1. The van der Waals surface area contributed by atoms with Gasteiger partial charge in [-0.2, -0.15) is 0 Å². The molecule has 2 fully saturated rings. The summed E-state index contributed by atoms with van der Waals surface area (Å²) in [5.74, 6) is -1.97. The number of carbonyl (C=O) groups excluding carboxylic acids is 3. The highest BCUT2D eigenvalue weighted by Crippen LogP contribution is 2.59. The quantitative estimate of drug-likeness (QED) is 0.445. The minimum Gasteiger partial charge on any atom is -0.494 e. The lowest BCUT2D eigenvalue weighted by atomic mass is 9.73. The lowest BCUT2D eigenvalue weighted by molar-refractivity contribution is -0.149. The molecule has 6 rings (SSSR count). The fraction of sp³-hybridized carbons (Fsp3) is 0.472. The Balaban J connectivity index is 1.49. The molecule has 1 spiro atoms. The van der Waals surface area contributed by atoms with Gasteiger partial charge in [0.05, 0.1) is 36.7 Å². The van der Waals surface area contributed by atoms with Gasteiger partial charge in [-0.15, -0.1) is 0 Å². The van der Waals surface area contributed by atoms with Crippen LogP contribution in [0, 0.1) is 25.7 Å². The highest BCUT2D eigenvalue weighted by atomic mass is 16.5. The van der Waals surface area contributed by atoms with Crippen molar-refractivity contribution in [3.63, 3.8) is 0 Å². The standard InChI is InChI=1S/C36H43N3O6/c1-6-25(22-40)39-31-34(43)38(28-21-23(4)11-12-24(28)5)20-10-18-36(31)30(33(39)42)29-32(41)37(19-9-17-35(29,7-2)45-36)26-13-15-27(16-14-26)44-8-3/h9-18,21,25,29-31,40H,6-8,19-20,22H2,1-5H3/t25-,29-,30-,31?,35+,36-/m0/s1. The molecule has 4 aliphatic heterocycles. The third-order valence-corrected chi connectivity index (χ3v) is 10.1. The van der Waals surface area contributed by atoms with Gasteiger partial charge in [-0.3, -0.25) is 14.4 Å². The molecular formula is C36H43N3O6. The maximum Gasteiger partial charge on any atom is 0.253 e. The number of hydrogen-bond acceptors (Lipinski definition) is 6. The molecule has 9 nitrogen and oxygen atoms in total. The second kappa shape index (κ2) is 11.8. The number of carbonyl (C=O) groups is 3. The van der Waals surface area contributed by atoms with Crippen LogP contribution in [-0.2, 0) is 19.1 Å². The Morgan fingerprint density at radius 3 is 2.29 bits per heavy atom. The van der Waals surface area contributed by atoms with Gasteiger partial charge in [0.25, 0.3) is 5.91 Å². The Morgan fingerprint density at radius 2 is 1.62 bits per heavy atom. The first kappa shape index (κ1) is 31.0. The molecule has 1 N–H and O–H groups in total. The van der Waals surface area contributed by atoms with Crippen molar-refractivity contribution in [3.05, 3.63) is 77.9 Å². The maximum absolute atomic E-state index is 14.8. The summed E-state index contributed by atoms with van der Waals surface area (Å²) in [6.07, 6.45) is 8.51. The molecule has 2 aromatic rings. The number of rotatable bonds is 8. The molecule has 2 saturated heterocycles. The number of hydrogen-bond donors (Lipinski definition) is 1. The molecule has 45 heavy (non-hydrogen) atoms. The van der Waals surface area contributed by atoms with E-state index < -0.39 is 35.1 Å². The number of fused-ring (bicyclic) bond motifs is 2. The topological polar surface area (TPSA) is 99.6 Å². The van der Waals surface area contributed by atoms with Gasteiger partial charge >= 0.3 is 0 Å². The summed E-state index contributed by atoms with van der Waals surface area (Å²) in [5, 5.41) is 10.5. The van der Waals surface area contributed by atoms with Crippen LogP contribution in [0.25, 0.3) is 0 Å². The summed E-state index contributed by atoms with van der Waals surface area (Å²) in [6.45, 7) is 10.5. The maximum atomic E-state index is 14.8. The number of benzene rings is 2. The van der Waals surface area contributed by atoms with E-state index >= 15 is 0 Å². The zero-order valence-corrected chi connectivity index (χ0v) is 26.7. The number of nitrogens with zero attached hydrogens (tertiary/aromatic N) is 3. The van der Waals surface area contributed by atoms with Crippen molar-refractivity contribution in [1.29, 1.82) is 0 Å². The SMILES string of the molecule is CCOc1ccc(N2CC=C[C@@]3(CC)O[C@]45C=CCN(c6cc(C)ccc6C)C(=O)C4N([C@@H](CC)CO)C(=O)[C@@H]5[C@H]3C2=O)cc1. The van der Waals surface area contributed by atoms with Crippen LogP contribution in [0.2, 0.25) is 0 Å². The summed E-state index contributed by atoms with van der Waals surface area (Å²) < 4.78 is 12.7. The summed E-state index contributed by atoms with van der Waals surface area (Å²) in [4.78, 5) is 49.3. The predicted molar refractivity (Wildman–Crippen MR) is 172 cm³/mol. The van der Waals surface area contributed by atoms with Crippen LogP contribution in [0.5, 0.6) is 5.75 Å². The zero-order chi connectivity index (χ0) is 32.1. The normalized spacial score (nSPS) is 29.8. The van der Waals surface area contributed by atoms with Gasteiger partial charge in [0.1, 0.15) is 17.4 Å². The van der Waals surface area contributed by atoms with Gasteiger partial charge in [-0.05, 0) is 75.1 Å². The van der Waals surface area contributed by atoms with Crippen molar-refractivity contribution in [2.24, 2.45) is 11.8 Å². The molecule has 3 amide bonds. The van der Waals surface area contributed by atoms with Crippen molar-refractivity contribution in [3.8, 4) is 5.75 Å². The van der Waals surface area contributed by atoms with E-state index in [9.17, 15) is 19.5 Å². The van der Waals surface area contributed by atoms with E-state index in [2.05, 4.69) is 0 Å². The predicted octanol–water partition coefficient (Wildman–Crippen LogP) is 4.34. The van der Waals surface area contributed by atoms with Crippen LogP contribution in [0.3, 0.4) is 0 Å². The van der Waals surface area contributed by atoms with Gasteiger partial charge in [0, 0.05) is 24.5 Å². The Bertz CT molecular complexity index is 1550. The Labute approximate surface area is 265 Å². The van der Waals surface area contributed by atoms with E-state index in [1.807, 2.05) is 101 Å². The van der Waals surface area contributed by atoms with Crippen LogP contribution in [0.1, 0.15) is 44.7 Å². The van der Waals surface area contributed by atoms with Gasteiger partial charge in [0.15, 0.2) is 0 Å². The van der Waals surface area contributed by atoms with Crippen molar-refractivity contribution >= 4 is 29.1 Å². The van der Waals surface area contributed by atoms with Gasteiger partial charge in [-0.25, -0.2) is 0 Å². The minimum absolute atomic E-state index is 0.227. The summed E-state index contributed by atoms with van der Waals surface area (Å²) in [6, 6.07) is 11.7. The van der Waals surface area contributed by atoms with E-state index in [-0.39, 0.29) is 24.3 Å². The summed E-state index contributed by atoms with van der Waals surface area (Å²) >= 11 is 0. The summed E-state index contributed by atoms with van der Waals surface area (Å²) in [5.41, 5.74) is 0.916. The van der Waals surface area contributed by atoms with Crippen molar-refractivity contribution in [2.75, 3.05) is 36.1 Å². The van der Waals surface area contributed by atoms with E-state index in [1.54, 1.807) is 9.80 Å². The molecule has 0 bridgehead atoms. The smallest absolute Gasteiger partial charge is 0.253 e. The third kappa shape index (κ3) is 4.70. The molecule has 2 aromatic carbocycles. The van der Waals surface area contributed by atoms with Crippen LogP contribution in [0.15, 0.2) is 66.8 Å². The fourth-order valence-corrected chi connectivity index (χ4v) is 7.85. The van der Waals surface area contributed by atoms with Crippen LogP contribution >= 0.6 is 0 Å². The molecule has 0 aliphatic carbocycles. The van der Waals surface area contributed by atoms with E-state index in [4.69, 9.17) is 9.47 Å². The van der Waals surface area contributed by atoms with Crippen LogP contribution in [0.4, 0.5) is 11.4 Å². The summed E-state index contributed by atoms with van der Waals surface area (Å²) in [7, 11) is 0. The monoisotopic (exact) mass is 613 g/mol. The fourth-order valence-electron chi connectivity index (χ4n) is 7.85. The molecule has 0 saturated carbocycles. The van der Waals surface area contributed by atoms with Gasteiger partial charge in [-0.1, -0.05) is 50.3 Å². The Morgan fingerprint density at radius 1 is 0.911 bits per heavy atom. The molecule has 4 heterocycles. The first-order valence-corrected chi connectivity index (χ1v) is 16.1. The molecule has 238 valence electrons. The largest absolute Gasteiger partial charge is 0.494 e. The number of likely N-dealkylation sites (tertiary alicyclic amines) is 1. The molecule has 9 heteroatoms. The average Bonchev–Trinajstić information content (AvgIpc) is 3.33. The highest BCUT2D eigenvalue weighted by molar-refractivity contribution is 6.08. The number of amides is 3. The minimum atomic E-state index is -1.40. The van der Waals surface area contributed by atoms with Crippen molar-refractivity contribution < 1.29 is 29.0 Å². The number of aryl methyl sites for hydroxylation is 2. The van der Waals surface area contributed by atoms with Crippen molar-refractivity contribution in [2.45, 2.75) is 70.7 Å². The Hall–Kier alpha value is -3.95. The van der Waals surface area contributed by atoms with E-state index in [1.165, 1.54) is 4.90 Å². The number of aliphatic hydroxyl groups is 1. The van der Waals surface area contributed by atoms with Crippen molar-refractivity contribution in [1.82, 2.24) is 4.90 Å². The average molecular weight is 614 g/mol. The lowest BCUT2D eigenvalue weighted by Gasteiger charge is -2.40. The van der Waals surface area contributed by atoms with Gasteiger partial charge in [0.2, 0.25) is 11.8 Å². The lowest BCUT2D eigenvalue weighted by Crippen LogP contribution is -2.59. The molecule has 1 unspecified atom stereocenters. The third-order valence-electron chi connectivity index (χ3n) is 10.1. The zero-order valence-electron chi connectivity index (χ0n) is 26.7. The number of ether oxygens (including phenoxy) is 2. The molecule has 4 aliphatic rings. The van der Waals surface area contributed by atoms with Crippen LogP contribution < -0.4 is 14.5 Å². The second-order valence-electron chi connectivity index (χ2n) is 12.5. The first-order chi connectivity index (χ1) is 21.7. The second-order valence-corrected chi connectivity index (χ2v) is 12.5. The molecule has 6 atom stereocenters. The molecular weight excluding hydrogens is 570 g/mol. The van der Waals surface area contributed by atoms with E-state index in [0.717, 1.165) is 16.8 Å². The molecule has 0 aromatic heterocycles. The van der Waals surface area contributed by atoms with Crippen LogP contribution in [-0.4, -0.2) is 77.3 Å². The first-order valence-electron chi connectivity index (χ1n) is 16.1. The number of anilines is 2.